The molecule has 1 aliphatic rings. The smallest absolute Gasteiger partial charge is 0.0857 e. The lowest BCUT2D eigenvalue weighted by atomic mass is 9.78. The largest absolute Gasteiger partial charge is 0.323 e. The van der Waals surface area contributed by atoms with Crippen molar-refractivity contribution in [2.75, 3.05) is 0 Å². The van der Waals surface area contributed by atoms with Gasteiger partial charge >= 0.3 is 0 Å². The number of aromatic nitrogens is 2. The summed E-state index contributed by atoms with van der Waals surface area (Å²) in [6.07, 6.45) is 5.14. The molecule has 3 nitrogen and oxygen atoms in total. The van der Waals surface area contributed by atoms with Crippen LogP contribution in [-0.4, -0.2) is 9.59 Å². The highest BCUT2D eigenvalue weighted by Crippen LogP contribution is 2.39. The average molecular weight is 267 g/mol. The highest BCUT2D eigenvalue weighted by molar-refractivity contribution is 7.05. The second kappa shape index (κ2) is 5.25. The highest BCUT2D eigenvalue weighted by Gasteiger charge is 2.31. The van der Waals surface area contributed by atoms with Crippen LogP contribution in [0.5, 0.6) is 0 Å². The van der Waals surface area contributed by atoms with Gasteiger partial charge in [-0.25, -0.2) is 0 Å². The maximum absolute atomic E-state index is 6.49. The van der Waals surface area contributed by atoms with Gasteiger partial charge < -0.3 is 5.73 Å². The van der Waals surface area contributed by atoms with Crippen molar-refractivity contribution in [2.24, 2.45) is 17.6 Å². The van der Waals surface area contributed by atoms with Crippen LogP contribution in [0.25, 0.3) is 0 Å². The Labute approximate surface area is 114 Å². The minimum atomic E-state index is 0.0436. The van der Waals surface area contributed by atoms with Gasteiger partial charge in [-0.15, -0.1) is 5.10 Å². The molecule has 0 amide bonds. The van der Waals surface area contributed by atoms with E-state index in [9.17, 15) is 0 Å². The van der Waals surface area contributed by atoms with Crippen LogP contribution in [0, 0.1) is 11.8 Å². The van der Waals surface area contributed by atoms with Crippen LogP contribution in [0.2, 0.25) is 0 Å². The lowest BCUT2D eigenvalue weighted by Crippen LogP contribution is -2.27. The number of hydrogen-bond donors (Lipinski definition) is 1. The Morgan fingerprint density at radius 3 is 2.39 bits per heavy atom. The molecule has 0 aromatic carbocycles. The zero-order chi connectivity index (χ0) is 13.3. The van der Waals surface area contributed by atoms with Crippen molar-refractivity contribution in [1.82, 2.24) is 9.59 Å². The topological polar surface area (TPSA) is 51.8 Å². The van der Waals surface area contributed by atoms with Crippen LogP contribution in [0.1, 0.15) is 70.0 Å². The molecule has 0 aliphatic heterocycles. The predicted octanol–water partition coefficient (Wildman–Crippen LogP) is 3.66. The fourth-order valence-electron chi connectivity index (χ4n) is 2.80. The third-order valence-electron chi connectivity index (χ3n) is 4.09. The molecule has 1 heterocycles. The van der Waals surface area contributed by atoms with Crippen molar-refractivity contribution < 1.29 is 0 Å². The van der Waals surface area contributed by atoms with Crippen molar-refractivity contribution in [3.8, 4) is 0 Å². The van der Waals surface area contributed by atoms with Gasteiger partial charge in [0.2, 0.25) is 0 Å². The minimum absolute atomic E-state index is 0.0436. The van der Waals surface area contributed by atoms with E-state index >= 15 is 0 Å². The molecule has 2 N–H and O–H groups in total. The summed E-state index contributed by atoms with van der Waals surface area (Å²) in [5, 5.41) is 4.31. The van der Waals surface area contributed by atoms with Gasteiger partial charge in [0.25, 0.3) is 0 Å². The molecule has 1 fully saturated rings. The molecule has 18 heavy (non-hydrogen) atoms. The Morgan fingerprint density at radius 2 is 1.83 bits per heavy atom. The number of nitrogens with two attached hydrogens (primary N) is 1. The Bertz CT molecular complexity index is 386. The standard InChI is InChI=1S/C14H25N3S/c1-9-5-7-10(8-6-9)11(15)12-13(14(2,3)4)16-17-18-12/h9-11H,5-8,15H2,1-4H3. The molecule has 102 valence electrons. The SMILES string of the molecule is CC1CCC(C(N)c2snnc2C(C)(C)C)CC1. The number of nitrogens with zero attached hydrogens (tertiary/aromatic N) is 2. The van der Waals surface area contributed by atoms with Gasteiger partial charge in [0.05, 0.1) is 10.6 Å². The Hall–Kier alpha value is -0.480. The second-order valence-corrected chi connectivity index (χ2v) is 7.57. The van der Waals surface area contributed by atoms with Crippen LogP contribution in [0.3, 0.4) is 0 Å². The number of rotatable bonds is 2. The molecular weight excluding hydrogens is 242 g/mol. The van der Waals surface area contributed by atoms with Crippen LogP contribution in [0.15, 0.2) is 0 Å². The summed E-state index contributed by atoms with van der Waals surface area (Å²) in [6.45, 7) is 8.89. The molecule has 1 aromatic heterocycles. The van der Waals surface area contributed by atoms with Crippen molar-refractivity contribution in [3.63, 3.8) is 0 Å². The first-order chi connectivity index (χ1) is 8.39. The van der Waals surface area contributed by atoms with Crippen LogP contribution in [0.4, 0.5) is 0 Å². The van der Waals surface area contributed by atoms with Crippen molar-refractivity contribution in [2.45, 2.75) is 64.8 Å². The molecule has 1 atom stereocenters. The van der Waals surface area contributed by atoms with Gasteiger partial charge in [0.15, 0.2) is 0 Å². The van der Waals surface area contributed by atoms with E-state index in [0.717, 1.165) is 11.6 Å². The Morgan fingerprint density at radius 1 is 1.22 bits per heavy atom. The molecule has 0 radical (unpaired) electrons. The molecule has 0 spiro atoms. The van der Waals surface area contributed by atoms with Crippen LogP contribution in [-0.2, 0) is 5.41 Å². The molecule has 0 saturated heterocycles. The van der Waals surface area contributed by atoms with E-state index in [4.69, 9.17) is 5.73 Å². The minimum Gasteiger partial charge on any atom is -0.323 e. The third-order valence-corrected chi connectivity index (χ3v) is 4.92. The molecule has 2 rings (SSSR count). The van der Waals surface area contributed by atoms with Gasteiger partial charge in [-0.05, 0) is 36.2 Å². The molecule has 1 saturated carbocycles. The maximum Gasteiger partial charge on any atom is 0.0857 e. The van der Waals surface area contributed by atoms with Crippen molar-refractivity contribution in [3.05, 3.63) is 10.6 Å². The van der Waals surface area contributed by atoms with E-state index in [1.807, 2.05) is 0 Å². The maximum atomic E-state index is 6.49. The zero-order valence-corrected chi connectivity index (χ0v) is 12.8. The van der Waals surface area contributed by atoms with Crippen molar-refractivity contribution in [1.29, 1.82) is 0 Å². The summed E-state index contributed by atoms with van der Waals surface area (Å²) >= 11 is 1.49. The first-order valence-corrected chi connectivity index (χ1v) is 7.75. The molecule has 1 aromatic rings. The first kappa shape index (κ1) is 13.9. The summed E-state index contributed by atoms with van der Waals surface area (Å²) in [7, 11) is 0. The summed E-state index contributed by atoms with van der Waals surface area (Å²) in [5.74, 6) is 1.49. The Balaban J connectivity index is 2.14. The van der Waals surface area contributed by atoms with E-state index in [-0.39, 0.29) is 11.5 Å². The normalized spacial score (nSPS) is 27.2. The van der Waals surface area contributed by atoms with Gasteiger partial charge in [-0.1, -0.05) is 45.0 Å². The highest BCUT2D eigenvalue weighted by atomic mass is 32.1. The lowest BCUT2D eigenvalue weighted by molar-refractivity contribution is 0.256. The van der Waals surface area contributed by atoms with Gasteiger partial charge in [0.1, 0.15) is 0 Å². The summed E-state index contributed by atoms with van der Waals surface area (Å²) in [5.41, 5.74) is 7.63. The second-order valence-electron chi connectivity index (χ2n) is 6.78. The fourth-order valence-corrected chi connectivity index (χ4v) is 3.75. The molecule has 4 heteroatoms. The molecule has 1 aliphatic carbocycles. The van der Waals surface area contributed by atoms with Gasteiger partial charge in [-0.3, -0.25) is 0 Å². The molecule has 0 bridgehead atoms. The fraction of sp³-hybridized carbons (Fsp3) is 0.857. The summed E-state index contributed by atoms with van der Waals surface area (Å²) in [4.78, 5) is 1.21. The first-order valence-electron chi connectivity index (χ1n) is 6.98. The predicted molar refractivity (Wildman–Crippen MR) is 76.7 cm³/mol. The molecular formula is C14H25N3S. The monoisotopic (exact) mass is 267 g/mol. The van der Waals surface area contributed by atoms with E-state index in [2.05, 4.69) is 37.3 Å². The summed E-state index contributed by atoms with van der Waals surface area (Å²) in [6, 6.07) is 0.131. The van der Waals surface area contributed by atoms with E-state index < -0.39 is 0 Å². The van der Waals surface area contributed by atoms with Crippen LogP contribution >= 0.6 is 11.5 Å². The molecule has 1 unspecified atom stereocenters. The zero-order valence-electron chi connectivity index (χ0n) is 11.9. The van der Waals surface area contributed by atoms with Gasteiger partial charge in [0, 0.05) is 11.5 Å². The Kier molecular flexibility index (Phi) is 4.07. The number of hydrogen-bond acceptors (Lipinski definition) is 4. The van der Waals surface area contributed by atoms with E-state index in [1.54, 1.807) is 0 Å². The van der Waals surface area contributed by atoms with Crippen molar-refractivity contribution >= 4 is 11.5 Å². The lowest BCUT2D eigenvalue weighted by Gasteiger charge is -2.31. The quantitative estimate of drug-likeness (QED) is 0.889. The average Bonchev–Trinajstić information content (AvgIpc) is 2.77. The van der Waals surface area contributed by atoms with E-state index in [1.165, 1.54) is 42.1 Å². The van der Waals surface area contributed by atoms with E-state index in [0.29, 0.717) is 5.92 Å². The van der Waals surface area contributed by atoms with Crippen LogP contribution < -0.4 is 5.73 Å². The van der Waals surface area contributed by atoms with Gasteiger partial charge in [-0.2, -0.15) is 0 Å². The summed E-state index contributed by atoms with van der Waals surface area (Å²) < 4.78 is 4.13. The third kappa shape index (κ3) is 2.91.